The Bertz CT molecular complexity index is 635. The van der Waals surface area contributed by atoms with Crippen molar-refractivity contribution in [2.24, 2.45) is 5.41 Å². The number of rotatable bonds is 3. The van der Waals surface area contributed by atoms with Crippen LogP contribution in [0.1, 0.15) is 20.3 Å². The lowest BCUT2D eigenvalue weighted by Gasteiger charge is -2.08. The molecule has 1 aromatic heterocycles. The van der Waals surface area contributed by atoms with Crippen LogP contribution in [0.15, 0.2) is 17.6 Å². The molecule has 94 valence electrons. The molecule has 2 aromatic rings. The van der Waals surface area contributed by atoms with Crippen LogP contribution in [0.2, 0.25) is 0 Å². The van der Waals surface area contributed by atoms with E-state index in [-0.39, 0.29) is 16.0 Å². The molecule has 0 spiro atoms. The first kappa shape index (κ1) is 11.4. The standard InChI is InChI=1S/C12H13N3O2S/c1-12(2)5-9(12)14-7-3-4-8-10(13-6-18-8)11(7)15(16)17/h3-4,6,9,14H,5H2,1-2H3. The third-order valence-corrected chi connectivity index (χ3v) is 4.30. The largest absolute Gasteiger partial charge is 0.376 e. The smallest absolute Gasteiger partial charge is 0.319 e. The van der Waals surface area contributed by atoms with Crippen LogP contribution in [0.4, 0.5) is 11.4 Å². The zero-order valence-electron chi connectivity index (χ0n) is 10.1. The second kappa shape index (κ2) is 3.65. The van der Waals surface area contributed by atoms with Gasteiger partial charge >= 0.3 is 5.69 Å². The van der Waals surface area contributed by atoms with Crippen LogP contribution in [0.25, 0.3) is 10.2 Å². The molecular formula is C12H13N3O2S. The van der Waals surface area contributed by atoms with Crippen molar-refractivity contribution in [3.8, 4) is 0 Å². The van der Waals surface area contributed by atoms with Gasteiger partial charge in [-0.15, -0.1) is 11.3 Å². The summed E-state index contributed by atoms with van der Waals surface area (Å²) < 4.78 is 0.849. The van der Waals surface area contributed by atoms with Crippen LogP contribution in [-0.2, 0) is 0 Å². The number of nitrogens with one attached hydrogen (secondary N) is 1. The lowest BCUT2D eigenvalue weighted by atomic mass is 10.2. The Morgan fingerprint density at radius 3 is 2.89 bits per heavy atom. The summed E-state index contributed by atoms with van der Waals surface area (Å²) in [6.07, 6.45) is 1.04. The average Bonchev–Trinajstić information content (AvgIpc) is 2.74. The van der Waals surface area contributed by atoms with Crippen LogP contribution in [-0.4, -0.2) is 15.9 Å². The summed E-state index contributed by atoms with van der Waals surface area (Å²) in [5.41, 5.74) is 3.02. The molecular weight excluding hydrogens is 250 g/mol. The summed E-state index contributed by atoms with van der Waals surface area (Å²) in [5.74, 6) is 0. The molecule has 1 unspecified atom stereocenters. The lowest BCUT2D eigenvalue weighted by molar-refractivity contribution is -0.382. The molecule has 0 bridgehead atoms. The molecule has 18 heavy (non-hydrogen) atoms. The second-order valence-corrected chi connectivity index (χ2v) is 6.19. The Balaban J connectivity index is 2.05. The van der Waals surface area contributed by atoms with Crippen LogP contribution in [0.5, 0.6) is 0 Å². The number of nitro benzene ring substituents is 1. The number of hydrogen-bond donors (Lipinski definition) is 1. The summed E-state index contributed by atoms with van der Waals surface area (Å²) in [6, 6.07) is 3.98. The highest BCUT2D eigenvalue weighted by molar-refractivity contribution is 7.16. The minimum absolute atomic E-state index is 0.0939. The SMILES string of the molecule is CC1(C)CC1Nc1ccc2scnc2c1[N+](=O)[O-]. The minimum atomic E-state index is -0.347. The Hall–Kier alpha value is -1.69. The summed E-state index contributed by atoms with van der Waals surface area (Å²) in [5, 5.41) is 14.5. The third kappa shape index (κ3) is 1.73. The van der Waals surface area contributed by atoms with Gasteiger partial charge < -0.3 is 5.32 Å². The van der Waals surface area contributed by atoms with Crippen molar-refractivity contribution < 1.29 is 4.92 Å². The highest BCUT2D eigenvalue weighted by atomic mass is 32.1. The monoisotopic (exact) mass is 263 g/mol. The fraction of sp³-hybridized carbons (Fsp3) is 0.417. The number of fused-ring (bicyclic) bond motifs is 1. The molecule has 0 amide bonds. The van der Waals surface area contributed by atoms with Crippen LogP contribution >= 0.6 is 11.3 Å². The van der Waals surface area contributed by atoms with E-state index < -0.39 is 0 Å². The van der Waals surface area contributed by atoms with Gasteiger partial charge in [0.2, 0.25) is 0 Å². The molecule has 5 nitrogen and oxygen atoms in total. The van der Waals surface area contributed by atoms with E-state index in [1.54, 1.807) is 11.6 Å². The first-order valence-electron chi connectivity index (χ1n) is 5.76. The van der Waals surface area contributed by atoms with Crippen molar-refractivity contribution in [1.82, 2.24) is 4.98 Å². The van der Waals surface area contributed by atoms with Crippen LogP contribution in [0.3, 0.4) is 0 Å². The number of benzene rings is 1. The Labute approximate surface area is 108 Å². The van der Waals surface area contributed by atoms with Crippen molar-refractivity contribution in [3.05, 3.63) is 27.8 Å². The van der Waals surface area contributed by atoms with Crippen LogP contribution in [0, 0.1) is 15.5 Å². The Morgan fingerprint density at radius 1 is 1.56 bits per heavy atom. The molecule has 1 heterocycles. The Morgan fingerprint density at radius 2 is 2.28 bits per heavy atom. The lowest BCUT2D eigenvalue weighted by Crippen LogP contribution is -2.10. The van der Waals surface area contributed by atoms with E-state index in [9.17, 15) is 10.1 Å². The quantitative estimate of drug-likeness (QED) is 0.680. The third-order valence-electron chi connectivity index (χ3n) is 3.50. The number of anilines is 1. The second-order valence-electron chi connectivity index (χ2n) is 5.31. The van der Waals surface area contributed by atoms with Gasteiger partial charge in [-0.1, -0.05) is 13.8 Å². The molecule has 3 rings (SSSR count). The van der Waals surface area contributed by atoms with Crippen molar-refractivity contribution in [1.29, 1.82) is 0 Å². The van der Waals surface area contributed by atoms with Gasteiger partial charge in [-0.25, -0.2) is 4.98 Å². The van der Waals surface area contributed by atoms with E-state index >= 15 is 0 Å². The van der Waals surface area contributed by atoms with E-state index in [0.29, 0.717) is 17.2 Å². The summed E-state index contributed by atoms with van der Waals surface area (Å²) in [7, 11) is 0. The predicted octanol–water partition coefficient (Wildman–Crippen LogP) is 3.41. The maximum absolute atomic E-state index is 11.2. The van der Waals surface area contributed by atoms with Crippen molar-refractivity contribution in [3.63, 3.8) is 0 Å². The maximum Gasteiger partial charge on any atom is 0.319 e. The number of hydrogen-bond acceptors (Lipinski definition) is 5. The van der Waals surface area contributed by atoms with Crippen molar-refractivity contribution in [2.45, 2.75) is 26.3 Å². The van der Waals surface area contributed by atoms with E-state index in [1.807, 2.05) is 6.07 Å². The topological polar surface area (TPSA) is 68.1 Å². The predicted molar refractivity (Wildman–Crippen MR) is 72.1 cm³/mol. The molecule has 0 radical (unpaired) electrons. The van der Waals surface area contributed by atoms with Gasteiger partial charge in [-0.05, 0) is 24.0 Å². The first-order chi connectivity index (χ1) is 8.49. The summed E-state index contributed by atoms with van der Waals surface area (Å²) in [6.45, 7) is 4.30. The molecule has 1 aliphatic rings. The highest BCUT2D eigenvalue weighted by Gasteiger charge is 2.46. The van der Waals surface area contributed by atoms with Gasteiger partial charge in [0.05, 0.1) is 15.1 Å². The fourth-order valence-electron chi connectivity index (χ4n) is 2.12. The number of aromatic nitrogens is 1. The molecule has 0 aliphatic heterocycles. The van der Waals surface area contributed by atoms with Gasteiger partial charge in [0.1, 0.15) is 5.69 Å². The molecule has 1 aliphatic carbocycles. The Kier molecular flexibility index (Phi) is 2.31. The minimum Gasteiger partial charge on any atom is -0.376 e. The first-order valence-corrected chi connectivity index (χ1v) is 6.64. The van der Waals surface area contributed by atoms with Gasteiger partial charge in [-0.2, -0.15) is 0 Å². The van der Waals surface area contributed by atoms with E-state index in [1.165, 1.54) is 11.3 Å². The number of nitro groups is 1. The summed E-state index contributed by atoms with van der Waals surface area (Å²) >= 11 is 1.42. The average molecular weight is 263 g/mol. The maximum atomic E-state index is 11.2. The molecule has 1 saturated carbocycles. The molecule has 0 saturated heterocycles. The summed E-state index contributed by atoms with van der Waals surface area (Å²) in [4.78, 5) is 15.0. The zero-order chi connectivity index (χ0) is 12.9. The zero-order valence-corrected chi connectivity index (χ0v) is 11.0. The van der Waals surface area contributed by atoms with Gasteiger partial charge in [0.15, 0.2) is 5.52 Å². The fourth-order valence-corrected chi connectivity index (χ4v) is 2.80. The van der Waals surface area contributed by atoms with Crippen molar-refractivity contribution in [2.75, 3.05) is 5.32 Å². The van der Waals surface area contributed by atoms with Gasteiger partial charge in [0, 0.05) is 6.04 Å². The van der Waals surface area contributed by atoms with E-state index in [0.717, 1.165) is 11.1 Å². The number of thiazole rings is 1. The van der Waals surface area contributed by atoms with Crippen molar-refractivity contribution >= 4 is 32.9 Å². The van der Waals surface area contributed by atoms with Gasteiger partial charge in [-0.3, -0.25) is 10.1 Å². The molecule has 1 aromatic carbocycles. The van der Waals surface area contributed by atoms with Gasteiger partial charge in [0.25, 0.3) is 0 Å². The van der Waals surface area contributed by atoms with Crippen LogP contribution < -0.4 is 5.32 Å². The highest BCUT2D eigenvalue weighted by Crippen LogP contribution is 2.48. The molecule has 1 fully saturated rings. The van der Waals surface area contributed by atoms with E-state index in [4.69, 9.17) is 0 Å². The normalized spacial score (nSPS) is 20.9. The molecule has 6 heteroatoms. The molecule has 1 atom stereocenters. The number of nitrogens with zero attached hydrogens (tertiary/aromatic N) is 2. The molecule has 1 N–H and O–H groups in total. The van der Waals surface area contributed by atoms with E-state index in [2.05, 4.69) is 24.1 Å².